The van der Waals surface area contributed by atoms with Crippen molar-refractivity contribution in [2.45, 2.75) is 19.0 Å². The van der Waals surface area contributed by atoms with E-state index in [-0.39, 0.29) is 0 Å². The molecule has 1 aromatic heterocycles. The summed E-state index contributed by atoms with van der Waals surface area (Å²) in [5.41, 5.74) is 0. The van der Waals surface area contributed by atoms with Crippen LogP contribution in [0.4, 0.5) is 0 Å². The molecule has 4 heteroatoms. The lowest BCUT2D eigenvalue weighted by molar-refractivity contribution is 0.398. The summed E-state index contributed by atoms with van der Waals surface area (Å²) in [6, 6.07) is 2.87. The maximum absolute atomic E-state index is 3.59. The highest BCUT2D eigenvalue weighted by Gasteiger charge is 2.18. The lowest BCUT2D eigenvalue weighted by Crippen LogP contribution is -2.30. The van der Waals surface area contributed by atoms with E-state index in [1.54, 1.807) is 0 Å². The Labute approximate surface area is 97.4 Å². The third-order valence-electron chi connectivity index (χ3n) is 2.58. The van der Waals surface area contributed by atoms with Gasteiger partial charge in [0.05, 0.1) is 0 Å². The first-order valence-electron chi connectivity index (χ1n) is 4.89. The van der Waals surface area contributed by atoms with E-state index in [1.807, 2.05) is 11.3 Å². The first-order chi connectivity index (χ1) is 6.74. The fourth-order valence-electron chi connectivity index (χ4n) is 1.79. The third-order valence-corrected chi connectivity index (χ3v) is 4.28. The van der Waals surface area contributed by atoms with Gasteiger partial charge in [-0.3, -0.25) is 0 Å². The second-order valence-corrected chi connectivity index (χ2v) is 5.77. The minimum Gasteiger partial charge on any atom is -0.308 e. The molecule has 1 fully saturated rings. The minimum absolute atomic E-state index is 0.681. The molecule has 1 aliphatic heterocycles. The molecule has 0 radical (unpaired) electrons. The molecule has 2 nitrogen and oxygen atoms in total. The van der Waals surface area contributed by atoms with Gasteiger partial charge in [-0.05, 0) is 42.0 Å². The van der Waals surface area contributed by atoms with Crippen LogP contribution >= 0.6 is 27.3 Å². The van der Waals surface area contributed by atoms with Crippen molar-refractivity contribution in [1.29, 1.82) is 0 Å². The van der Waals surface area contributed by atoms with Gasteiger partial charge < -0.3 is 10.2 Å². The lowest BCUT2D eigenvalue weighted by atomic mass is 10.2. The summed E-state index contributed by atoms with van der Waals surface area (Å²) in [5.74, 6) is 0. The average Bonchev–Trinajstić information content (AvgIpc) is 2.72. The van der Waals surface area contributed by atoms with Crippen LogP contribution in [0.15, 0.2) is 15.9 Å². The van der Waals surface area contributed by atoms with Crippen LogP contribution in [0.2, 0.25) is 0 Å². The second kappa shape index (κ2) is 4.75. The highest BCUT2D eigenvalue weighted by atomic mass is 79.9. The summed E-state index contributed by atoms with van der Waals surface area (Å²) in [6.45, 7) is 3.42. The molecule has 0 bridgehead atoms. The molecule has 2 heterocycles. The number of nitrogens with one attached hydrogen (secondary N) is 1. The zero-order valence-electron chi connectivity index (χ0n) is 8.29. The van der Waals surface area contributed by atoms with E-state index in [0.717, 1.165) is 6.54 Å². The number of hydrogen-bond donors (Lipinski definition) is 1. The van der Waals surface area contributed by atoms with Gasteiger partial charge in [-0.1, -0.05) is 0 Å². The summed E-state index contributed by atoms with van der Waals surface area (Å²) in [5, 5.41) is 5.73. The molecule has 1 saturated heterocycles. The first-order valence-corrected chi connectivity index (χ1v) is 6.56. The van der Waals surface area contributed by atoms with Crippen molar-refractivity contribution in [3.63, 3.8) is 0 Å². The van der Waals surface area contributed by atoms with E-state index < -0.39 is 0 Å². The van der Waals surface area contributed by atoms with Gasteiger partial charge in [-0.15, -0.1) is 11.3 Å². The van der Waals surface area contributed by atoms with Crippen LogP contribution in [0.5, 0.6) is 0 Å². The molecule has 1 N–H and O–H groups in total. The van der Waals surface area contributed by atoms with Crippen molar-refractivity contribution in [2.75, 3.05) is 20.1 Å². The largest absolute Gasteiger partial charge is 0.308 e. The summed E-state index contributed by atoms with van der Waals surface area (Å²) in [4.78, 5) is 3.79. The molecule has 0 aliphatic carbocycles. The highest BCUT2D eigenvalue weighted by molar-refractivity contribution is 9.10. The molecule has 1 aromatic rings. The van der Waals surface area contributed by atoms with Crippen molar-refractivity contribution < 1.29 is 0 Å². The molecule has 78 valence electrons. The lowest BCUT2D eigenvalue weighted by Gasteiger charge is -2.11. The van der Waals surface area contributed by atoms with Crippen LogP contribution in [0, 0.1) is 0 Å². The van der Waals surface area contributed by atoms with Crippen molar-refractivity contribution >= 4 is 27.3 Å². The van der Waals surface area contributed by atoms with Gasteiger partial charge in [0.25, 0.3) is 0 Å². The number of rotatable bonds is 3. The molecular formula is C10H15BrN2S. The monoisotopic (exact) mass is 274 g/mol. The molecule has 14 heavy (non-hydrogen) atoms. The van der Waals surface area contributed by atoms with Crippen LogP contribution in [0.3, 0.4) is 0 Å². The van der Waals surface area contributed by atoms with Gasteiger partial charge in [-0.2, -0.15) is 0 Å². The summed E-state index contributed by atoms with van der Waals surface area (Å²) < 4.78 is 1.20. The van der Waals surface area contributed by atoms with Crippen molar-refractivity contribution in [3.05, 3.63) is 20.8 Å². The van der Waals surface area contributed by atoms with Gasteiger partial charge in [0, 0.05) is 33.9 Å². The minimum atomic E-state index is 0.681. The maximum Gasteiger partial charge on any atom is 0.0303 e. The SMILES string of the molecule is CN1CC[C@H](NCc2cc(Br)cs2)C1. The number of halogens is 1. The van der Waals surface area contributed by atoms with Crippen LogP contribution in [0.1, 0.15) is 11.3 Å². The summed E-state index contributed by atoms with van der Waals surface area (Å²) in [6.07, 6.45) is 1.28. The molecule has 1 atom stereocenters. The Hall–Kier alpha value is 0.1000. The van der Waals surface area contributed by atoms with E-state index in [0.29, 0.717) is 6.04 Å². The molecule has 0 aromatic carbocycles. The van der Waals surface area contributed by atoms with Crippen molar-refractivity contribution in [2.24, 2.45) is 0 Å². The average molecular weight is 275 g/mol. The molecule has 0 unspecified atom stereocenters. The molecule has 0 saturated carbocycles. The topological polar surface area (TPSA) is 15.3 Å². The number of thiophene rings is 1. The predicted molar refractivity (Wildman–Crippen MR) is 64.8 cm³/mol. The van der Waals surface area contributed by atoms with E-state index in [4.69, 9.17) is 0 Å². The normalized spacial score (nSPS) is 23.1. The fraction of sp³-hybridized carbons (Fsp3) is 0.600. The second-order valence-electron chi connectivity index (χ2n) is 3.86. The molecule has 0 spiro atoms. The predicted octanol–water partition coefficient (Wildman–Crippen LogP) is 2.30. The Bertz CT molecular complexity index is 300. The number of nitrogens with zero attached hydrogens (tertiary/aromatic N) is 1. The van der Waals surface area contributed by atoms with E-state index in [9.17, 15) is 0 Å². The van der Waals surface area contributed by atoms with E-state index in [2.05, 4.69) is 44.6 Å². The highest BCUT2D eigenvalue weighted by Crippen LogP contribution is 2.19. The van der Waals surface area contributed by atoms with Gasteiger partial charge >= 0.3 is 0 Å². The maximum atomic E-state index is 3.59. The Morgan fingerprint density at radius 3 is 3.14 bits per heavy atom. The molecular weight excluding hydrogens is 260 g/mol. The molecule has 0 amide bonds. The van der Waals surface area contributed by atoms with Gasteiger partial charge in [0.1, 0.15) is 0 Å². The van der Waals surface area contributed by atoms with Crippen molar-refractivity contribution in [3.8, 4) is 0 Å². The van der Waals surface area contributed by atoms with Crippen molar-refractivity contribution in [1.82, 2.24) is 10.2 Å². The Balaban J connectivity index is 1.77. The Morgan fingerprint density at radius 1 is 1.71 bits per heavy atom. The fourth-order valence-corrected chi connectivity index (χ4v) is 3.19. The standard InChI is InChI=1S/C10H15BrN2S/c1-13-3-2-9(6-13)12-5-10-4-8(11)7-14-10/h4,7,9,12H,2-3,5-6H2,1H3/t9-/m0/s1. The molecule has 2 rings (SSSR count). The first kappa shape index (κ1) is 10.6. The van der Waals surface area contributed by atoms with E-state index >= 15 is 0 Å². The zero-order chi connectivity index (χ0) is 9.97. The Kier molecular flexibility index (Phi) is 3.60. The number of likely N-dealkylation sites (N-methyl/N-ethyl adjacent to an activating group) is 1. The van der Waals surface area contributed by atoms with Crippen LogP contribution < -0.4 is 5.32 Å². The smallest absolute Gasteiger partial charge is 0.0303 e. The number of hydrogen-bond acceptors (Lipinski definition) is 3. The zero-order valence-corrected chi connectivity index (χ0v) is 10.7. The third kappa shape index (κ3) is 2.79. The van der Waals surface area contributed by atoms with Crippen LogP contribution in [0.25, 0.3) is 0 Å². The Morgan fingerprint density at radius 2 is 2.57 bits per heavy atom. The van der Waals surface area contributed by atoms with Crippen LogP contribution in [-0.4, -0.2) is 31.1 Å². The molecule has 1 aliphatic rings. The van der Waals surface area contributed by atoms with Crippen LogP contribution in [-0.2, 0) is 6.54 Å². The summed E-state index contributed by atoms with van der Waals surface area (Å²) in [7, 11) is 2.18. The van der Waals surface area contributed by atoms with Gasteiger partial charge in [0.15, 0.2) is 0 Å². The quantitative estimate of drug-likeness (QED) is 0.910. The summed E-state index contributed by atoms with van der Waals surface area (Å²) >= 11 is 5.28. The van der Waals surface area contributed by atoms with Gasteiger partial charge in [0.2, 0.25) is 0 Å². The van der Waals surface area contributed by atoms with E-state index in [1.165, 1.54) is 28.9 Å². The number of likely N-dealkylation sites (tertiary alicyclic amines) is 1. The van der Waals surface area contributed by atoms with Gasteiger partial charge in [-0.25, -0.2) is 0 Å².